The van der Waals surface area contributed by atoms with Gasteiger partial charge in [0.15, 0.2) is 0 Å². The molecule has 0 saturated heterocycles. The van der Waals surface area contributed by atoms with Crippen LogP contribution in [0.2, 0.25) is 0 Å². The van der Waals surface area contributed by atoms with Crippen LogP contribution in [0.15, 0.2) is 84.9 Å². The van der Waals surface area contributed by atoms with Crippen LogP contribution in [0.4, 0.5) is 0 Å². The minimum Gasteiger partial charge on any atom is -1.00 e. The zero-order chi connectivity index (χ0) is 49.8. The van der Waals surface area contributed by atoms with Crippen LogP contribution in [-0.4, -0.2) is 13.2 Å². The van der Waals surface area contributed by atoms with Gasteiger partial charge in [0.1, 0.15) is 0 Å². The van der Waals surface area contributed by atoms with Crippen molar-refractivity contribution in [1.82, 2.24) is 0 Å². The summed E-state index contributed by atoms with van der Waals surface area (Å²) in [7, 11) is 0. The van der Waals surface area contributed by atoms with Gasteiger partial charge in [-0.25, -0.2) is 0 Å². The third-order valence-corrected chi connectivity index (χ3v) is 16.7. The zero-order valence-corrected chi connectivity index (χ0v) is 56.2. The second kappa shape index (κ2) is 40.7. The molecular formula is C58H74ClLi7O2S4Si2. The normalized spacial score (nSPS) is 10.0. The Hall–Kier alpha value is 1.55. The summed E-state index contributed by atoms with van der Waals surface area (Å²) in [6.45, 7) is 26.6. The van der Waals surface area contributed by atoms with Crippen molar-refractivity contribution in [1.29, 1.82) is 0 Å². The van der Waals surface area contributed by atoms with Crippen molar-refractivity contribution < 1.29 is 154 Å². The van der Waals surface area contributed by atoms with E-state index in [9.17, 15) is 9.59 Å². The van der Waals surface area contributed by atoms with Gasteiger partial charge in [0.05, 0.1) is 0 Å². The van der Waals surface area contributed by atoms with E-state index in [1.54, 1.807) is 0 Å². The molecule has 0 fully saturated rings. The molecule has 74 heavy (non-hydrogen) atoms. The topological polar surface area (TPSA) is 46.1 Å². The van der Waals surface area contributed by atoms with Gasteiger partial charge in [0.2, 0.25) is 0 Å². The van der Waals surface area contributed by atoms with Gasteiger partial charge in [-0.15, -0.1) is 10.4 Å². The molecule has 0 unspecified atom stereocenters. The second-order valence-corrected chi connectivity index (χ2v) is 30.0. The first-order valence-corrected chi connectivity index (χ1v) is 32.0. The van der Waals surface area contributed by atoms with Crippen LogP contribution >= 0.6 is 0 Å². The van der Waals surface area contributed by atoms with E-state index in [4.69, 9.17) is 48.3 Å². The average molecular weight is 1070 g/mol. The standard InChI is InChI=1S/2C24H25OS2Si.2C5H12.ClH.7Li/c2*1-14-10-16(3)22(17(4)11-14)20-8-7-9-21(24(20)28(25,26)27)23-18(5)12-15(2)13-19(23)6;2*1-3-5-4-2;;;;;;;;/h2*7-13H,1-6H3;2*3-5H2,1-2H3;1H;;;;;;;/q2*-3;;;;7*+1/p-1. The second-order valence-electron chi connectivity index (χ2n) is 18.4. The SMILES string of the molecule is CCCCC.CCCCC.Cc1cc(C)c(-c2cccc(-c3c(C)cc(C)cc3C)c2[Si]([O-])([S-])[S-])c(C)c1.Cc1cc(C)c(-c2cccc(-c3c(C)cc(C)cc3C)c2[Si]([O-])([S-])[S-])c(C)c1.[Cl-].[Li+].[Li+].[Li+].[Li+].[Li+].[Li+].[Li+]. The van der Waals surface area contributed by atoms with Crippen LogP contribution in [0.25, 0.3) is 44.5 Å². The molecule has 6 aromatic rings. The summed E-state index contributed by atoms with van der Waals surface area (Å²) in [6, 6.07) is 29.3. The van der Waals surface area contributed by atoms with Crippen molar-refractivity contribution in [2.45, 2.75) is 149 Å². The van der Waals surface area contributed by atoms with Gasteiger partial charge in [-0.2, -0.15) is 0 Å². The quantitative estimate of drug-likeness (QED) is 0.101. The number of rotatable bonds is 10. The fourth-order valence-electron chi connectivity index (χ4n) is 9.72. The summed E-state index contributed by atoms with van der Waals surface area (Å²) in [4.78, 5) is 26.5. The van der Waals surface area contributed by atoms with Gasteiger partial charge in [0, 0.05) is 0 Å². The van der Waals surface area contributed by atoms with Crippen LogP contribution in [-0.2, 0) is 48.3 Å². The molecule has 0 aliphatic heterocycles. The van der Waals surface area contributed by atoms with Gasteiger partial charge in [0.25, 0.3) is 0 Å². The molecule has 0 amide bonds. The van der Waals surface area contributed by atoms with Gasteiger partial charge in [-0.1, -0.05) is 173 Å². The predicted octanol–water partition coefficient (Wildman–Crippen LogP) is -10.6. The molecule has 0 radical (unpaired) electrons. The molecule has 16 heteroatoms. The molecular weight excluding hydrogens is 997 g/mol. The maximum atomic E-state index is 13.2. The van der Waals surface area contributed by atoms with E-state index in [0.717, 1.165) is 89.0 Å². The Kier molecular flexibility index (Phi) is 47.7. The Bertz CT molecular complexity index is 2200. The maximum absolute atomic E-state index is 13.2. The fourth-order valence-corrected chi connectivity index (χ4v) is 14.5. The van der Waals surface area contributed by atoms with E-state index >= 15 is 0 Å². The number of halogens is 1. The predicted molar refractivity (Wildman–Crippen MR) is 302 cm³/mol. The molecule has 0 aromatic heterocycles. The first kappa shape index (κ1) is 86.8. The Morgan fingerprint density at radius 1 is 0.324 bits per heavy atom. The van der Waals surface area contributed by atoms with Crippen LogP contribution in [0.1, 0.15) is 133 Å². The van der Waals surface area contributed by atoms with Crippen LogP contribution in [0, 0.1) is 83.1 Å². The van der Waals surface area contributed by atoms with Gasteiger partial charge in [-0.05, 0) is 172 Å². The Balaban J connectivity index is -0.000000241. The number of benzene rings is 6. The van der Waals surface area contributed by atoms with Crippen molar-refractivity contribution >= 4 is 71.9 Å². The first-order valence-electron chi connectivity index (χ1n) is 23.7. The summed E-state index contributed by atoms with van der Waals surface area (Å²) >= 11 is 21.8. The summed E-state index contributed by atoms with van der Waals surface area (Å²) < 4.78 is 0. The van der Waals surface area contributed by atoms with E-state index in [0.29, 0.717) is 10.4 Å². The largest absolute Gasteiger partial charge is 1.00 e. The van der Waals surface area contributed by atoms with Gasteiger partial charge in [-0.3, -0.25) is 0 Å². The van der Waals surface area contributed by atoms with Crippen molar-refractivity contribution in [3.05, 3.63) is 152 Å². The molecule has 0 spiro atoms. The molecule has 0 bridgehead atoms. The van der Waals surface area contributed by atoms with E-state index in [1.165, 1.54) is 60.8 Å². The van der Waals surface area contributed by atoms with Gasteiger partial charge < -0.3 is 83.5 Å². The molecule has 6 rings (SSSR count). The minimum absolute atomic E-state index is 0. The van der Waals surface area contributed by atoms with Crippen molar-refractivity contribution in [3.63, 3.8) is 0 Å². The number of hydrogen-bond acceptors (Lipinski definition) is 6. The summed E-state index contributed by atoms with van der Waals surface area (Å²) in [6.07, 6.45) is 8.15. The third-order valence-electron chi connectivity index (χ3n) is 11.9. The maximum Gasteiger partial charge on any atom is 1.00 e. The molecule has 0 N–H and O–H groups in total. The third kappa shape index (κ3) is 24.6. The number of hydrogen-bond donors (Lipinski definition) is 0. The molecule has 0 saturated carbocycles. The number of aryl methyl sites for hydroxylation is 12. The van der Waals surface area contributed by atoms with E-state index < -0.39 is 13.2 Å². The van der Waals surface area contributed by atoms with Crippen molar-refractivity contribution in [2.24, 2.45) is 0 Å². The monoisotopic (exact) mass is 1070 g/mol. The van der Waals surface area contributed by atoms with Crippen molar-refractivity contribution in [3.8, 4) is 44.5 Å². The molecule has 0 aliphatic carbocycles. The zero-order valence-electron chi connectivity index (χ0n) is 50.2. The summed E-state index contributed by atoms with van der Waals surface area (Å²) in [5.74, 6) is 0. The Morgan fingerprint density at radius 3 is 0.581 bits per heavy atom. The molecule has 0 aliphatic rings. The van der Waals surface area contributed by atoms with E-state index in [1.807, 2.05) is 36.4 Å². The molecule has 6 aromatic carbocycles. The Morgan fingerprint density at radius 2 is 0.473 bits per heavy atom. The smallest absolute Gasteiger partial charge is 1.00 e. The van der Waals surface area contributed by atoms with Crippen LogP contribution < -0.4 is 164 Å². The van der Waals surface area contributed by atoms with E-state index in [-0.39, 0.29) is 144 Å². The Labute approximate surface area is 564 Å². The van der Waals surface area contributed by atoms with E-state index in [2.05, 4.69) is 159 Å². The molecule has 364 valence electrons. The van der Waals surface area contributed by atoms with Gasteiger partial charge >= 0.3 is 132 Å². The average Bonchev–Trinajstić information content (AvgIpc) is 3.17. The number of unbranched alkanes of at least 4 members (excludes halogenated alkanes) is 4. The fraction of sp³-hybridized carbons (Fsp3) is 0.379. The minimum atomic E-state index is -3.69. The van der Waals surface area contributed by atoms with Crippen LogP contribution in [0.5, 0.6) is 0 Å². The molecule has 0 atom stereocenters. The van der Waals surface area contributed by atoms with Crippen molar-refractivity contribution in [2.75, 3.05) is 0 Å². The molecule has 2 nitrogen and oxygen atoms in total. The molecule has 0 heterocycles. The summed E-state index contributed by atoms with van der Waals surface area (Å²) in [5.41, 5.74) is 22.1. The summed E-state index contributed by atoms with van der Waals surface area (Å²) in [5, 5.41) is 1.32. The van der Waals surface area contributed by atoms with Crippen LogP contribution in [0.3, 0.4) is 0 Å². The first-order chi connectivity index (χ1) is 30.8.